The van der Waals surface area contributed by atoms with Crippen LogP contribution in [-0.4, -0.2) is 27.2 Å². The lowest BCUT2D eigenvalue weighted by molar-refractivity contribution is -0.157. The Labute approximate surface area is 172 Å². The third-order valence-electron chi connectivity index (χ3n) is 4.08. The molecule has 3 aromatic rings. The summed E-state index contributed by atoms with van der Waals surface area (Å²) < 4.78 is 42.2. The number of carbonyl (C=O) groups excluding carboxylic acids is 1. The van der Waals surface area contributed by atoms with E-state index in [2.05, 4.69) is 19.9 Å². The molecule has 0 saturated carbocycles. The topological polar surface area (TPSA) is 105 Å². The predicted molar refractivity (Wildman–Crippen MR) is 99.6 cm³/mol. The number of aryl methyl sites for hydroxylation is 1. The van der Waals surface area contributed by atoms with Crippen molar-refractivity contribution in [2.45, 2.75) is 19.5 Å². The van der Waals surface area contributed by atoms with Gasteiger partial charge in [0.05, 0.1) is 22.6 Å². The van der Waals surface area contributed by atoms with E-state index in [0.29, 0.717) is 16.8 Å². The number of carbonyl (C=O) groups is 2. The molecule has 1 heterocycles. The Kier molecular flexibility index (Phi) is 5.79. The largest absolute Gasteiger partial charge is 0.478 e. The molecule has 0 bridgehead atoms. The van der Waals surface area contributed by atoms with Crippen molar-refractivity contribution in [2.75, 3.05) is 5.32 Å². The maximum atomic E-state index is 12.5. The van der Waals surface area contributed by atoms with Crippen LogP contribution in [0.2, 0.25) is 5.02 Å². The van der Waals surface area contributed by atoms with Gasteiger partial charge in [-0.25, -0.2) is 4.79 Å². The average molecular weight is 440 g/mol. The number of benzene rings is 2. The first-order valence-corrected chi connectivity index (χ1v) is 8.76. The number of anilines is 1. The number of nitrogens with zero attached hydrogens (tertiary/aromatic N) is 2. The summed E-state index contributed by atoms with van der Waals surface area (Å²) >= 11 is 5.88. The van der Waals surface area contributed by atoms with Crippen LogP contribution in [0.5, 0.6) is 0 Å². The first-order chi connectivity index (χ1) is 14.1. The molecule has 2 N–H and O–H groups in total. The highest BCUT2D eigenvalue weighted by Gasteiger charge is 2.38. The van der Waals surface area contributed by atoms with E-state index >= 15 is 0 Å². The Bertz CT molecular complexity index is 1130. The molecule has 0 atom stereocenters. The van der Waals surface area contributed by atoms with Crippen LogP contribution in [0.4, 0.5) is 18.9 Å². The van der Waals surface area contributed by atoms with Crippen molar-refractivity contribution in [3.05, 3.63) is 75.5 Å². The monoisotopic (exact) mass is 439 g/mol. The van der Waals surface area contributed by atoms with Gasteiger partial charge < -0.3 is 14.8 Å². The number of carboxylic acids is 1. The quantitative estimate of drug-likeness (QED) is 0.602. The zero-order valence-electron chi connectivity index (χ0n) is 15.2. The third-order valence-corrected chi connectivity index (χ3v) is 4.39. The maximum Gasteiger partial charge on any atom is 0.470 e. The number of aromatic nitrogens is 2. The zero-order chi connectivity index (χ0) is 22.1. The molecule has 2 aromatic carbocycles. The van der Waals surface area contributed by atoms with E-state index in [1.807, 2.05) is 0 Å². The smallest absolute Gasteiger partial charge is 0.470 e. The van der Waals surface area contributed by atoms with Gasteiger partial charge >= 0.3 is 18.0 Å². The van der Waals surface area contributed by atoms with Crippen LogP contribution in [-0.2, 0) is 12.6 Å². The zero-order valence-corrected chi connectivity index (χ0v) is 16.0. The number of hydrogen-bond donors (Lipinski definition) is 2. The van der Waals surface area contributed by atoms with Crippen molar-refractivity contribution >= 4 is 29.2 Å². The van der Waals surface area contributed by atoms with Gasteiger partial charge in [0.1, 0.15) is 0 Å². The van der Waals surface area contributed by atoms with Gasteiger partial charge in [0.2, 0.25) is 5.89 Å². The van der Waals surface area contributed by atoms with Crippen molar-refractivity contribution in [2.24, 2.45) is 0 Å². The minimum absolute atomic E-state index is 0.0321. The molecule has 0 fully saturated rings. The molecular formula is C19H13ClF3N3O4. The van der Waals surface area contributed by atoms with Gasteiger partial charge in [0, 0.05) is 5.69 Å². The lowest BCUT2D eigenvalue weighted by Crippen LogP contribution is -2.17. The molecule has 3 rings (SSSR count). The van der Waals surface area contributed by atoms with Gasteiger partial charge in [-0.1, -0.05) is 29.8 Å². The molecule has 30 heavy (non-hydrogen) atoms. The van der Waals surface area contributed by atoms with Gasteiger partial charge in [-0.2, -0.15) is 13.2 Å². The van der Waals surface area contributed by atoms with Gasteiger partial charge in [-0.15, -0.1) is 10.2 Å². The highest BCUT2D eigenvalue weighted by atomic mass is 35.5. The molecule has 0 aliphatic carbocycles. The molecule has 11 heteroatoms. The number of nitrogens with one attached hydrogen (secondary N) is 1. The van der Waals surface area contributed by atoms with Crippen molar-refractivity contribution < 1.29 is 32.3 Å². The minimum Gasteiger partial charge on any atom is -0.478 e. The first-order valence-electron chi connectivity index (χ1n) is 8.38. The Morgan fingerprint density at radius 1 is 1.20 bits per heavy atom. The molecule has 156 valence electrons. The maximum absolute atomic E-state index is 12.5. The van der Waals surface area contributed by atoms with Gasteiger partial charge in [0.15, 0.2) is 0 Å². The normalized spacial score (nSPS) is 11.4. The van der Waals surface area contributed by atoms with Crippen LogP contribution in [0, 0.1) is 6.92 Å². The molecular weight excluding hydrogens is 427 g/mol. The van der Waals surface area contributed by atoms with E-state index in [1.54, 1.807) is 19.1 Å². The number of aromatic carboxylic acids is 1. The van der Waals surface area contributed by atoms with Crippen LogP contribution in [0.3, 0.4) is 0 Å². The van der Waals surface area contributed by atoms with Crippen LogP contribution in [0.1, 0.15) is 43.6 Å². The van der Waals surface area contributed by atoms with Crippen molar-refractivity contribution in [1.29, 1.82) is 0 Å². The van der Waals surface area contributed by atoms with Crippen LogP contribution in [0.25, 0.3) is 0 Å². The lowest BCUT2D eigenvalue weighted by Gasteiger charge is -2.12. The second-order valence-electron chi connectivity index (χ2n) is 6.25. The second kappa shape index (κ2) is 8.15. The number of amides is 1. The highest BCUT2D eigenvalue weighted by molar-refractivity contribution is 6.34. The van der Waals surface area contributed by atoms with E-state index < -0.39 is 23.9 Å². The molecule has 0 unspecified atom stereocenters. The molecule has 0 radical (unpaired) electrons. The molecule has 0 spiro atoms. The van der Waals surface area contributed by atoms with Crippen molar-refractivity contribution in [1.82, 2.24) is 10.2 Å². The lowest BCUT2D eigenvalue weighted by atomic mass is 10.0. The summed E-state index contributed by atoms with van der Waals surface area (Å²) in [5, 5.41) is 18.2. The first kappa shape index (κ1) is 21.3. The summed E-state index contributed by atoms with van der Waals surface area (Å²) in [5.41, 5.74) is 1.14. The highest BCUT2D eigenvalue weighted by Crippen LogP contribution is 2.28. The van der Waals surface area contributed by atoms with E-state index in [1.165, 1.54) is 24.3 Å². The van der Waals surface area contributed by atoms with E-state index in [4.69, 9.17) is 11.6 Å². The standard InChI is InChI=1S/C19H13ClF3N3O4/c1-9-7-10(8-14-25-26-18(30-14)19(21,22)23)5-6-13(9)24-16(27)11-3-2-4-12(20)15(11)17(28)29/h2-7H,8H2,1H3,(H,24,27)(H,28,29). The third kappa shape index (κ3) is 4.60. The predicted octanol–water partition coefficient (Wildman–Crippen LogP) is 4.59. The molecule has 0 saturated heterocycles. The van der Waals surface area contributed by atoms with Crippen molar-refractivity contribution in [3.8, 4) is 0 Å². The van der Waals surface area contributed by atoms with E-state index in [-0.39, 0.29) is 28.5 Å². The van der Waals surface area contributed by atoms with Gasteiger partial charge in [0.25, 0.3) is 5.91 Å². The SMILES string of the molecule is Cc1cc(Cc2nnc(C(F)(F)F)o2)ccc1NC(=O)c1cccc(Cl)c1C(=O)O. The molecule has 1 amide bonds. The van der Waals surface area contributed by atoms with Crippen LogP contribution in [0.15, 0.2) is 40.8 Å². The van der Waals surface area contributed by atoms with Crippen molar-refractivity contribution in [3.63, 3.8) is 0 Å². The Morgan fingerprint density at radius 3 is 2.53 bits per heavy atom. The molecule has 7 nitrogen and oxygen atoms in total. The fraction of sp³-hybridized carbons (Fsp3) is 0.158. The number of hydrogen-bond acceptors (Lipinski definition) is 5. The molecule has 0 aliphatic rings. The van der Waals surface area contributed by atoms with Gasteiger partial charge in [-0.3, -0.25) is 4.79 Å². The number of alkyl halides is 3. The average Bonchev–Trinajstić information content (AvgIpc) is 3.12. The van der Waals surface area contributed by atoms with E-state index in [9.17, 15) is 27.9 Å². The van der Waals surface area contributed by atoms with Crippen LogP contribution >= 0.6 is 11.6 Å². The summed E-state index contributed by atoms with van der Waals surface area (Å²) in [5.74, 6) is -3.63. The Morgan fingerprint density at radius 2 is 1.93 bits per heavy atom. The Balaban J connectivity index is 1.78. The fourth-order valence-corrected chi connectivity index (χ4v) is 2.97. The molecule has 1 aromatic heterocycles. The molecule has 0 aliphatic heterocycles. The summed E-state index contributed by atoms with van der Waals surface area (Å²) in [6.07, 6.45) is -4.75. The number of halogens is 4. The summed E-state index contributed by atoms with van der Waals surface area (Å²) in [6.45, 7) is 1.67. The fourth-order valence-electron chi connectivity index (χ4n) is 2.71. The van der Waals surface area contributed by atoms with Gasteiger partial charge in [-0.05, 0) is 36.2 Å². The summed E-state index contributed by atoms with van der Waals surface area (Å²) in [6, 6.07) is 8.89. The minimum atomic E-state index is -4.72. The summed E-state index contributed by atoms with van der Waals surface area (Å²) in [7, 11) is 0. The second-order valence-corrected chi connectivity index (χ2v) is 6.65. The Hall–Kier alpha value is -3.40. The summed E-state index contributed by atoms with van der Waals surface area (Å²) in [4.78, 5) is 23.9. The number of carboxylic acid groups (broad SMARTS) is 1. The van der Waals surface area contributed by atoms with E-state index in [0.717, 1.165) is 0 Å². The van der Waals surface area contributed by atoms with Crippen LogP contribution < -0.4 is 5.32 Å². The number of rotatable bonds is 5.